The third-order valence-corrected chi connectivity index (χ3v) is 5.41. The zero-order chi connectivity index (χ0) is 21.5. The van der Waals surface area contributed by atoms with E-state index in [2.05, 4.69) is 75.3 Å². The zero-order valence-electron chi connectivity index (χ0n) is 18.7. The second kappa shape index (κ2) is 10.1. The third-order valence-electron chi connectivity index (χ3n) is 5.41. The van der Waals surface area contributed by atoms with Crippen molar-refractivity contribution in [3.63, 3.8) is 0 Å². The van der Waals surface area contributed by atoms with Gasteiger partial charge in [0, 0.05) is 57.7 Å². The molecular weight excluding hydrogens is 374 g/mol. The summed E-state index contributed by atoms with van der Waals surface area (Å²) in [7, 11) is 3.80. The number of aromatic nitrogens is 4. The minimum absolute atomic E-state index is 0.248. The molecule has 0 radical (unpaired) electrons. The fourth-order valence-corrected chi connectivity index (χ4v) is 3.68. The number of imidazole rings is 1. The van der Waals surface area contributed by atoms with Crippen molar-refractivity contribution in [1.29, 1.82) is 0 Å². The molecule has 0 aliphatic rings. The van der Waals surface area contributed by atoms with Crippen LogP contribution in [-0.2, 0) is 26.4 Å². The summed E-state index contributed by atoms with van der Waals surface area (Å²) in [6.07, 6.45) is 5.64. The molecule has 3 rings (SSSR count). The van der Waals surface area contributed by atoms with E-state index in [1.807, 2.05) is 30.2 Å². The van der Waals surface area contributed by atoms with Crippen molar-refractivity contribution in [2.75, 3.05) is 13.6 Å². The first-order valence-corrected chi connectivity index (χ1v) is 10.5. The van der Waals surface area contributed by atoms with Crippen molar-refractivity contribution < 1.29 is 0 Å². The van der Waals surface area contributed by atoms with Gasteiger partial charge >= 0.3 is 0 Å². The molecule has 3 aromatic rings. The van der Waals surface area contributed by atoms with Gasteiger partial charge < -0.3 is 15.2 Å². The van der Waals surface area contributed by atoms with E-state index in [9.17, 15) is 0 Å². The lowest BCUT2D eigenvalue weighted by atomic mass is 10.1. The van der Waals surface area contributed by atoms with Gasteiger partial charge in [-0.15, -0.1) is 0 Å². The number of benzene rings is 1. The number of nitrogens with one attached hydrogen (secondary N) is 2. The predicted molar refractivity (Wildman–Crippen MR) is 122 cm³/mol. The van der Waals surface area contributed by atoms with Gasteiger partial charge in [0.05, 0.1) is 5.69 Å². The molecule has 2 heterocycles. The molecule has 0 fully saturated rings. The Morgan fingerprint density at radius 3 is 2.63 bits per heavy atom. The normalized spacial score (nSPS) is 12.8. The standard InChI is InChI=1S/C23H33N7/c1-17(15-21-18(2)28-29(5)19(21)3)27-23(24-4)26-12-11-22-25-13-14-30(22)16-20-9-7-6-8-10-20/h6-10,13-14,17H,11-12,15-16H2,1-5H3,(H2,24,26,27). The van der Waals surface area contributed by atoms with Crippen molar-refractivity contribution in [3.8, 4) is 0 Å². The Morgan fingerprint density at radius 2 is 1.97 bits per heavy atom. The molecule has 30 heavy (non-hydrogen) atoms. The molecule has 0 spiro atoms. The fraction of sp³-hybridized carbons (Fsp3) is 0.435. The van der Waals surface area contributed by atoms with Crippen LogP contribution in [0.2, 0.25) is 0 Å². The van der Waals surface area contributed by atoms with E-state index < -0.39 is 0 Å². The summed E-state index contributed by atoms with van der Waals surface area (Å²) >= 11 is 0. The van der Waals surface area contributed by atoms with Crippen LogP contribution in [-0.4, -0.2) is 44.9 Å². The van der Waals surface area contributed by atoms with Crippen LogP contribution in [0.5, 0.6) is 0 Å². The zero-order valence-corrected chi connectivity index (χ0v) is 18.7. The third kappa shape index (κ3) is 5.49. The van der Waals surface area contributed by atoms with Gasteiger partial charge in [0.15, 0.2) is 5.96 Å². The maximum Gasteiger partial charge on any atom is 0.191 e. The van der Waals surface area contributed by atoms with Crippen LogP contribution in [0.4, 0.5) is 0 Å². The summed E-state index contributed by atoms with van der Waals surface area (Å²) in [6, 6.07) is 10.7. The maximum atomic E-state index is 4.53. The lowest BCUT2D eigenvalue weighted by Gasteiger charge is -2.18. The molecule has 0 saturated carbocycles. The fourth-order valence-electron chi connectivity index (χ4n) is 3.68. The van der Waals surface area contributed by atoms with Crippen molar-refractivity contribution in [3.05, 3.63) is 71.1 Å². The van der Waals surface area contributed by atoms with E-state index >= 15 is 0 Å². The molecule has 0 amide bonds. The molecule has 2 N–H and O–H groups in total. The molecule has 0 saturated heterocycles. The number of guanidine groups is 1. The average molecular weight is 408 g/mol. The van der Waals surface area contributed by atoms with Gasteiger partial charge in [0.1, 0.15) is 5.82 Å². The summed E-state index contributed by atoms with van der Waals surface area (Å²) in [5.41, 5.74) is 4.89. The van der Waals surface area contributed by atoms with Crippen LogP contribution < -0.4 is 10.6 Å². The Labute approximate surface area is 179 Å². The van der Waals surface area contributed by atoms with Crippen LogP contribution in [0.1, 0.15) is 35.3 Å². The highest BCUT2D eigenvalue weighted by atomic mass is 15.3. The molecule has 160 valence electrons. The number of rotatable bonds is 8. The average Bonchev–Trinajstić information content (AvgIpc) is 3.27. The second-order valence-electron chi connectivity index (χ2n) is 7.73. The molecule has 1 atom stereocenters. The lowest BCUT2D eigenvalue weighted by molar-refractivity contribution is 0.630. The quantitative estimate of drug-likeness (QED) is 0.445. The van der Waals surface area contributed by atoms with Crippen molar-refractivity contribution >= 4 is 5.96 Å². The molecule has 7 nitrogen and oxygen atoms in total. The Hall–Kier alpha value is -3.09. The highest BCUT2D eigenvalue weighted by Gasteiger charge is 2.14. The molecule has 0 bridgehead atoms. The van der Waals surface area contributed by atoms with Crippen molar-refractivity contribution in [2.24, 2.45) is 12.0 Å². The summed E-state index contributed by atoms with van der Waals surface area (Å²) in [5, 5.41) is 11.4. The largest absolute Gasteiger partial charge is 0.356 e. The summed E-state index contributed by atoms with van der Waals surface area (Å²) in [6.45, 7) is 7.96. The maximum absolute atomic E-state index is 4.53. The van der Waals surface area contributed by atoms with Crippen molar-refractivity contribution in [1.82, 2.24) is 30.0 Å². The molecule has 1 aromatic carbocycles. The van der Waals surface area contributed by atoms with E-state index in [1.165, 1.54) is 16.8 Å². The van der Waals surface area contributed by atoms with Crippen LogP contribution in [0.15, 0.2) is 47.7 Å². The Morgan fingerprint density at radius 1 is 1.20 bits per heavy atom. The van der Waals surface area contributed by atoms with Crippen LogP contribution in [0.25, 0.3) is 0 Å². The monoisotopic (exact) mass is 407 g/mol. The van der Waals surface area contributed by atoms with E-state index in [1.54, 1.807) is 7.05 Å². The number of hydrogen-bond acceptors (Lipinski definition) is 3. The van der Waals surface area contributed by atoms with E-state index in [0.717, 1.165) is 43.4 Å². The number of hydrogen-bond donors (Lipinski definition) is 2. The molecule has 1 unspecified atom stereocenters. The first kappa shape index (κ1) is 21.6. The van der Waals surface area contributed by atoms with Gasteiger partial charge in [-0.2, -0.15) is 5.10 Å². The van der Waals surface area contributed by atoms with E-state index in [0.29, 0.717) is 0 Å². The van der Waals surface area contributed by atoms with Gasteiger partial charge in [-0.3, -0.25) is 9.67 Å². The first-order chi connectivity index (χ1) is 14.5. The van der Waals surface area contributed by atoms with Gasteiger partial charge in [0.25, 0.3) is 0 Å². The first-order valence-electron chi connectivity index (χ1n) is 10.5. The molecule has 0 aliphatic heterocycles. The SMILES string of the molecule is CN=C(NCCc1nccn1Cc1ccccc1)NC(C)Cc1c(C)nn(C)c1C. The lowest BCUT2D eigenvalue weighted by Crippen LogP contribution is -2.43. The summed E-state index contributed by atoms with van der Waals surface area (Å²) in [4.78, 5) is 8.90. The second-order valence-corrected chi connectivity index (χ2v) is 7.73. The number of aryl methyl sites for hydroxylation is 2. The Bertz CT molecular complexity index is 969. The van der Waals surface area contributed by atoms with E-state index in [-0.39, 0.29) is 6.04 Å². The van der Waals surface area contributed by atoms with Gasteiger partial charge in [-0.1, -0.05) is 30.3 Å². The topological polar surface area (TPSA) is 72.1 Å². The van der Waals surface area contributed by atoms with Gasteiger partial charge in [0.2, 0.25) is 0 Å². The molecule has 0 aliphatic carbocycles. The molecule has 7 heteroatoms. The van der Waals surface area contributed by atoms with Gasteiger partial charge in [-0.05, 0) is 38.3 Å². The van der Waals surface area contributed by atoms with Crippen LogP contribution >= 0.6 is 0 Å². The van der Waals surface area contributed by atoms with Crippen LogP contribution in [0, 0.1) is 13.8 Å². The van der Waals surface area contributed by atoms with E-state index in [4.69, 9.17) is 0 Å². The number of aliphatic imine (C=N–C) groups is 1. The van der Waals surface area contributed by atoms with Gasteiger partial charge in [-0.25, -0.2) is 4.98 Å². The number of nitrogens with zero attached hydrogens (tertiary/aromatic N) is 5. The van der Waals surface area contributed by atoms with Crippen LogP contribution in [0.3, 0.4) is 0 Å². The molecule has 2 aromatic heterocycles. The molecular formula is C23H33N7. The Kier molecular flexibility index (Phi) is 7.27. The summed E-state index contributed by atoms with van der Waals surface area (Å²) < 4.78 is 4.14. The highest BCUT2D eigenvalue weighted by Crippen LogP contribution is 2.14. The summed E-state index contributed by atoms with van der Waals surface area (Å²) in [5.74, 6) is 1.87. The smallest absolute Gasteiger partial charge is 0.191 e. The van der Waals surface area contributed by atoms with Crippen molar-refractivity contribution in [2.45, 2.75) is 46.2 Å². The minimum atomic E-state index is 0.248. The highest BCUT2D eigenvalue weighted by molar-refractivity contribution is 5.79. The Balaban J connectivity index is 1.50. The predicted octanol–water partition coefficient (Wildman–Crippen LogP) is 2.62. The minimum Gasteiger partial charge on any atom is -0.356 e.